The number of pyridine rings is 1. The van der Waals surface area contributed by atoms with Gasteiger partial charge < -0.3 is 9.88 Å². The molecule has 0 unspecified atom stereocenters. The van der Waals surface area contributed by atoms with Crippen molar-refractivity contribution in [1.29, 1.82) is 0 Å². The van der Waals surface area contributed by atoms with Crippen LogP contribution >= 0.6 is 22.6 Å². The molecule has 4 nitrogen and oxygen atoms in total. The second-order valence-electron chi connectivity index (χ2n) is 3.83. The third-order valence-electron chi connectivity index (χ3n) is 2.43. The van der Waals surface area contributed by atoms with Gasteiger partial charge in [-0.25, -0.2) is 0 Å². The van der Waals surface area contributed by atoms with Crippen molar-refractivity contribution in [2.75, 3.05) is 5.32 Å². The fraction of sp³-hybridized carbons (Fsp3) is 0.0769. The van der Waals surface area contributed by atoms with Gasteiger partial charge in [0.05, 0.1) is 5.69 Å². The van der Waals surface area contributed by atoms with Gasteiger partial charge in [-0.05, 0) is 46.9 Å². The Hall–Kier alpha value is -1.63. The molecule has 0 aliphatic carbocycles. The fourth-order valence-electron chi connectivity index (χ4n) is 1.50. The number of carbonyl (C=O) groups is 1. The molecule has 0 atom stereocenters. The highest BCUT2D eigenvalue weighted by Crippen LogP contribution is 2.10. The van der Waals surface area contributed by atoms with Crippen molar-refractivity contribution in [3.8, 4) is 0 Å². The van der Waals surface area contributed by atoms with Gasteiger partial charge in [0.1, 0.15) is 0 Å². The second-order valence-corrected chi connectivity index (χ2v) is 5.08. The van der Waals surface area contributed by atoms with E-state index in [0.29, 0.717) is 11.3 Å². The van der Waals surface area contributed by atoms with Gasteiger partial charge in [0, 0.05) is 28.4 Å². The molecular weight excluding hydrogens is 343 g/mol. The molecule has 0 radical (unpaired) electrons. The van der Waals surface area contributed by atoms with Crippen LogP contribution in [0.4, 0.5) is 5.69 Å². The highest BCUT2D eigenvalue weighted by Gasteiger charge is 2.06. The van der Waals surface area contributed by atoms with E-state index in [2.05, 4.69) is 27.9 Å². The average molecular weight is 354 g/mol. The van der Waals surface area contributed by atoms with Gasteiger partial charge in [0.25, 0.3) is 5.91 Å². The van der Waals surface area contributed by atoms with Gasteiger partial charge in [-0.15, -0.1) is 0 Å². The molecule has 92 valence electrons. The highest BCUT2D eigenvalue weighted by atomic mass is 127. The molecule has 0 fully saturated rings. The van der Waals surface area contributed by atoms with Crippen molar-refractivity contribution in [3.63, 3.8) is 0 Å². The zero-order valence-corrected chi connectivity index (χ0v) is 11.8. The number of rotatable bonds is 2. The van der Waals surface area contributed by atoms with Gasteiger partial charge in [-0.1, -0.05) is 6.07 Å². The van der Waals surface area contributed by atoms with Crippen LogP contribution in [0.2, 0.25) is 0 Å². The predicted molar refractivity (Wildman–Crippen MR) is 78.8 cm³/mol. The molecule has 0 saturated carbocycles. The Balaban J connectivity index is 2.21. The van der Waals surface area contributed by atoms with Crippen molar-refractivity contribution in [2.45, 2.75) is 0 Å². The van der Waals surface area contributed by atoms with E-state index in [1.165, 1.54) is 10.6 Å². The minimum Gasteiger partial charge on any atom is -0.321 e. The highest BCUT2D eigenvalue weighted by molar-refractivity contribution is 14.1. The Morgan fingerprint density at radius 1 is 1.28 bits per heavy atom. The van der Waals surface area contributed by atoms with Gasteiger partial charge in [-0.3, -0.25) is 9.59 Å². The number of aryl methyl sites for hydroxylation is 1. The molecule has 0 saturated heterocycles. The van der Waals surface area contributed by atoms with Crippen LogP contribution in [0.1, 0.15) is 10.4 Å². The van der Waals surface area contributed by atoms with Crippen LogP contribution in [0.5, 0.6) is 0 Å². The van der Waals surface area contributed by atoms with Crippen molar-refractivity contribution in [1.82, 2.24) is 4.57 Å². The standard InChI is InChI=1S/C13H11IN2O2/c1-16-8-11(5-6-12(16)17)15-13(18)9-3-2-4-10(14)7-9/h2-8H,1H3,(H,15,18). The van der Waals surface area contributed by atoms with E-state index < -0.39 is 0 Å². The lowest BCUT2D eigenvalue weighted by Crippen LogP contribution is -2.18. The van der Waals surface area contributed by atoms with E-state index in [-0.39, 0.29) is 11.5 Å². The van der Waals surface area contributed by atoms with E-state index in [1.807, 2.05) is 12.1 Å². The van der Waals surface area contributed by atoms with Crippen LogP contribution in [-0.4, -0.2) is 10.5 Å². The number of hydrogen-bond acceptors (Lipinski definition) is 2. The van der Waals surface area contributed by atoms with E-state index in [4.69, 9.17) is 0 Å². The number of hydrogen-bond donors (Lipinski definition) is 1. The molecule has 1 heterocycles. The smallest absolute Gasteiger partial charge is 0.255 e. The van der Waals surface area contributed by atoms with Crippen LogP contribution < -0.4 is 10.9 Å². The summed E-state index contributed by atoms with van der Waals surface area (Å²) in [6, 6.07) is 10.3. The van der Waals surface area contributed by atoms with Crippen LogP contribution in [0, 0.1) is 3.57 Å². The molecule has 2 aromatic rings. The number of benzene rings is 1. The first-order chi connectivity index (χ1) is 8.56. The number of amides is 1. The zero-order chi connectivity index (χ0) is 13.1. The number of halogens is 1. The van der Waals surface area contributed by atoms with Crippen LogP contribution in [0.15, 0.2) is 47.4 Å². The van der Waals surface area contributed by atoms with Gasteiger partial charge in [0.15, 0.2) is 0 Å². The van der Waals surface area contributed by atoms with Crippen LogP contribution in [0.3, 0.4) is 0 Å². The first-order valence-corrected chi connectivity index (χ1v) is 6.38. The summed E-state index contributed by atoms with van der Waals surface area (Å²) in [6.07, 6.45) is 1.59. The third-order valence-corrected chi connectivity index (χ3v) is 3.10. The SMILES string of the molecule is Cn1cc(NC(=O)c2cccc(I)c2)ccc1=O. The number of aromatic nitrogens is 1. The fourth-order valence-corrected chi connectivity index (χ4v) is 2.04. The summed E-state index contributed by atoms with van der Waals surface area (Å²) < 4.78 is 2.42. The molecular formula is C13H11IN2O2. The predicted octanol–water partition coefficient (Wildman–Crippen LogP) is 2.24. The van der Waals surface area contributed by atoms with Gasteiger partial charge >= 0.3 is 0 Å². The molecule has 1 amide bonds. The van der Waals surface area contributed by atoms with Crippen LogP contribution in [0.25, 0.3) is 0 Å². The number of nitrogens with zero attached hydrogens (tertiary/aromatic N) is 1. The molecule has 18 heavy (non-hydrogen) atoms. The molecule has 1 N–H and O–H groups in total. The Labute approximate surface area is 118 Å². The normalized spacial score (nSPS) is 10.1. The molecule has 1 aromatic carbocycles. The number of carbonyl (C=O) groups excluding carboxylic acids is 1. The summed E-state index contributed by atoms with van der Waals surface area (Å²) in [5, 5.41) is 2.75. The third kappa shape index (κ3) is 2.98. The number of nitrogens with one attached hydrogen (secondary N) is 1. The minimum absolute atomic E-state index is 0.109. The summed E-state index contributed by atoms with van der Waals surface area (Å²) in [5.74, 6) is -0.188. The average Bonchev–Trinajstić information content (AvgIpc) is 2.34. The van der Waals surface area contributed by atoms with Crippen molar-refractivity contribution in [2.24, 2.45) is 7.05 Å². The lowest BCUT2D eigenvalue weighted by molar-refractivity contribution is 0.102. The maximum atomic E-state index is 12.0. The summed E-state index contributed by atoms with van der Waals surface area (Å²) in [5.41, 5.74) is 1.08. The van der Waals surface area contributed by atoms with E-state index in [9.17, 15) is 9.59 Å². The van der Waals surface area contributed by atoms with E-state index in [0.717, 1.165) is 3.57 Å². The Kier molecular flexibility index (Phi) is 3.81. The molecule has 2 rings (SSSR count). The lowest BCUT2D eigenvalue weighted by atomic mass is 10.2. The number of anilines is 1. The first-order valence-electron chi connectivity index (χ1n) is 5.30. The molecule has 0 aliphatic heterocycles. The van der Waals surface area contributed by atoms with E-state index in [1.54, 1.807) is 31.4 Å². The van der Waals surface area contributed by atoms with Crippen molar-refractivity contribution < 1.29 is 4.79 Å². The van der Waals surface area contributed by atoms with Crippen LogP contribution in [-0.2, 0) is 7.05 Å². The summed E-state index contributed by atoms with van der Waals surface area (Å²) >= 11 is 2.15. The summed E-state index contributed by atoms with van der Waals surface area (Å²) in [6.45, 7) is 0. The monoisotopic (exact) mass is 354 g/mol. The zero-order valence-electron chi connectivity index (χ0n) is 9.68. The van der Waals surface area contributed by atoms with Gasteiger partial charge in [0.2, 0.25) is 5.56 Å². The van der Waals surface area contributed by atoms with Crippen molar-refractivity contribution >= 4 is 34.2 Å². The summed E-state index contributed by atoms with van der Waals surface area (Å²) in [7, 11) is 1.64. The quantitative estimate of drug-likeness (QED) is 0.841. The topological polar surface area (TPSA) is 51.1 Å². The van der Waals surface area contributed by atoms with Gasteiger partial charge in [-0.2, -0.15) is 0 Å². The second kappa shape index (κ2) is 5.34. The Morgan fingerprint density at radius 2 is 2.06 bits per heavy atom. The molecule has 1 aromatic heterocycles. The van der Waals surface area contributed by atoms with E-state index >= 15 is 0 Å². The van der Waals surface area contributed by atoms with Crippen molar-refractivity contribution in [3.05, 3.63) is 62.1 Å². The summed E-state index contributed by atoms with van der Waals surface area (Å²) in [4.78, 5) is 23.2. The Bertz CT molecular complexity index is 649. The molecule has 0 spiro atoms. The minimum atomic E-state index is -0.188. The Morgan fingerprint density at radius 3 is 2.72 bits per heavy atom. The molecule has 5 heteroatoms. The first kappa shape index (κ1) is 12.8. The maximum Gasteiger partial charge on any atom is 0.255 e. The molecule has 0 bridgehead atoms. The largest absolute Gasteiger partial charge is 0.321 e. The molecule has 0 aliphatic rings. The maximum absolute atomic E-state index is 12.0. The lowest BCUT2D eigenvalue weighted by Gasteiger charge is -2.06.